The Kier molecular flexibility index (Phi) is 4.96. The topological polar surface area (TPSA) is 71.6 Å². The molecule has 0 radical (unpaired) electrons. The number of aromatic amines is 1. The van der Waals surface area contributed by atoms with Gasteiger partial charge in [-0.2, -0.15) is 0 Å². The molecule has 1 aromatic heterocycles. The third-order valence-corrected chi connectivity index (χ3v) is 5.08. The van der Waals surface area contributed by atoms with Crippen LogP contribution in [0.25, 0.3) is 10.9 Å². The molecule has 0 saturated heterocycles. The van der Waals surface area contributed by atoms with Gasteiger partial charge in [-0.25, -0.2) is 0 Å². The molecule has 2 aromatic carbocycles. The highest BCUT2D eigenvalue weighted by molar-refractivity contribution is 6.31. The summed E-state index contributed by atoms with van der Waals surface area (Å²) in [6.45, 7) is 2.96. The van der Waals surface area contributed by atoms with Crippen molar-refractivity contribution in [3.63, 3.8) is 0 Å². The maximum Gasteiger partial charge on any atom is 0.253 e. The lowest BCUT2D eigenvalue weighted by atomic mass is 10.1. The van der Waals surface area contributed by atoms with Gasteiger partial charge in [-0.15, -0.1) is 0 Å². The number of H-pyrrole nitrogens is 1. The first-order valence-electron chi connectivity index (χ1n) is 8.96. The minimum Gasteiger partial charge on any atom is -0.486 e. The summed E-state index contributed by atoms with van der Waals surface area (Å²) in [6, 6.07) is 12.7. The van der Waals surface area contributed by atoms with Crippen LogP contribution >= 0.6 is 11.6 Å². The number of aromatic nitrogens is 1. The van der Waals surface area contributed by atoms with Crippen molar-refractivity contribution in [3.8, 4) is 11.5 Å². The normalized spacial score (nSPS) is 12.8. The second-order valence-electron chi connectivity index (χ2n) is 6.67. The van der Waals surface area contributed by atoms with Crippen molar-refractivity contribution in [2.75, 3.05) is 13.2 Å². The Morgan fingerprint density at radius 3 is 2.46 bits per heavy atom. The number of benzene rings is 2. The molecule has 28 heavy (non-hydrogen) atoms. The fraction of sp³-hybridized carbons (Fsp3) is 0.238. The number of rotatable bonds is 4. The number of ether oxygens (including phenoxy) is 2. The number of halogens is 1. The van der Waals surface area contributed by atoms with Gasteiger partial charge in [0.1, 0.15) is 13.2 Å². The van der Waals surface area contributed by atoms with Gasteiger partial charge < -0.3 is 19.4 Å². The van der Waals surface area contributed by atoms with E-state index in [1.807, 2.05) is 24.3 Å². The lowest BCUT2D eigenvalue weighted by molar-refractivity contribution is -0.130. The zero-order valence-electron chi connectivity index (χ0n) is 15.3. The van der Waals surface area contributed by atoms with E-state index in [4.69, 9.17) is 21.1 Å². The van der Waals surface area contributed by atoms with Crippen LogP contribution in [0.4, 0.5) is 0 Å². The van der Waals surface area contributed by atoms with Gasteiger partial charge in [-0.3, -0.25) is 9.59 Å². The van der Waals surface area contributed by atoms with Crippen molar-refractivity contribution in [2.24, 2.45) is 0 Å². The van der Waals surface area contributed by atoms with Crippen LogP contribution in [0.15, 0.2) is 47.3 Å². The van der Waals surface area contributed by atoms with E-state index in [1.54, 1.807) is 23.1 Å². The van der Waals surface area contributed by atoms with E-state index < -0.39 is 0 Å². The summed E-state index contributed by atoms with van der Waals surface area (Å²) in [4.78, 5) is 29.2. The molecular formula is C21H19ClN2O4. The predicted molar refractivity (Wildman–Crippen MR) is 107 cm³/mol. The van der Waals surface area contributed by atoms with Gasteiger partial charge in [0.15, 0.2) is 11.5 Å². The summed E-state index contributed by atoms with van der Waals surface area (Å²) in [7, 11) is 0. The van der Waals surface area contributed by atoms with E-state index in [9.17, 15) is 9.59 Å². The van der Waals surface area contributed by atoms with Crippen LogP contribution in [0.5, 0.6) is 11.5 Å². The molecule has 4 rings (SSSR count). The Hall–Kier alpha value is -2.99. The van der Waals surface area contributed by atoms with Gasteiger partial charge in [0, 0.05) is 35.5 Å². The molecule has 0 fully saturated rings. The van der Waals surface area contributed by atoms with Crippen LogP contribution in [-0.2, 0) is 17.9 Å². The molecule has 0 aliphatic carbocycles. The van der Waals surface area contributed by atoms with E-state index in [2.05, 4.69) is 4.98 Å². The molecular weight excluding hydrogens is 380 g/mol. The number of carbonyl (C=O) groups is 1. The van der Waals surface area contributed by atoms with Crippen molar-refractivity contribution >= 4 is 28.4 Å². The Morgan fingerprint density at radius 1 is 1.07 bits per heavy atom. The zero-order valence-corrected chi connectivity index (χ0v) is 16.1. The average Bonchev–Trinajstić information content (AvgIpc) is 2.68. The summed E-state index contributed by atoms with van der Waals surface area (Å²) < 4.78 is 11.2. The summed E-state index contributed by atoms with van der Waals surface area (Å²) in [5.74, 6) is 1.13. The Morgan fingerprint density at radius 2 is 1.75 bits per heavy atom. The Bertz CT molecular complexity index is 1110. The van der Waals surface area contributed by atoms with E-state index >= 15 is 0 Å². The third kappa shape index (κ3) is 3.68. The van der Waals surface area contributed by atoms with E-state index in [1.165, 1.54) is 6.92 Å². The standard InChI is InChI=1S/C21H19ClN2O4/c1-13(25)24(11-14-4-2-3-5-17(14)22)12-16-8-15-9-19-20(28-7-6-27-19)10-18(15)23-21(16)26/h2-5,8-10H,6-7,11-12H2,1H3,(H,23,26). The number of nitrogens with one attached hydrogen (secondary N) is 1. The number of hydrogen-bond acceptors (Lipinski definition) is 4. The van der Waals surface area contributed by atoms with Crippen LogP contribution < -0.4 is 15.0 Å². The van der Waals surface area contributed by atoms with Crippen molar-refractivity contribution in [3.05, 3.63) is 69.0 Å². The van der Waals surface area contributed by atoms with Gasteiger partial charge in [0.25, 0.3) is 5.56 Å². The molecule has 2 heterocycles. The van der Waals surface area contributed by atoms with Gasteiger partial charge in [-0.1, -0.05) is 29.8 Å². The third-order valence-electron chi connectivity index (χ3n) is 4.71. The summed E-state index contributed by atoms with van der Waals surface area (Å²) in [6.07, 6.45) is 0. The molecule has 0 spiro atoms. The largest absolute Gasteiger partial charge is 0.486 e. The molecule has 7 heteroatoms. The fourth-order valence-electron chi connectivity index (χ4n) is 3.22. The average molecular weight is 399 g/mol. The highest BCUT2D eigenvalue weighted by Crippen LogP contribution is 2.33. The first-order valence-corrected chi connectivity index (χ1v) is 9.33. The lowest BCUT2D eigenvalue weighted by Crippen LogP contribution is -2.30. The summed E-state index contributed by atoms with van der Waals surface area (Å²) in [5, 5.41) is 1.41. The second kappa shape index (κ2) is 7.56. The molecule has 0 bridgehead atoms. The van der Waals surface area contributed by atoms with Crippen LogP contribution in [0.2, 0.25) is 5.02 Å². The van der Waals surface area contributed by atoms with E-state index in [-0.39, 0.29) is 18.0 Å². The smallest absolute Gasteiger partial charge is 0.253 e. The molecule has 0 saturated carbocycles. The summed E-state index contributed by atoms with van der Waals surface area (Å²) >= 11 is 6.22. The number of hydrogen-bond donors (Lipinski definition) is 1. The van der Waals surface area contributed by atoms with Crippen LogP contribution in [0.3, 0.4) is 0 Å². The van der Waals surface area contributed by atoms with E-state index in [0.29, 0.717) is 47.4 Å². The predicted octanol–water partition coefficient (Wildman–Crippen LogP) is 3.50. The SMILES string of the molecule is CC(=O)N(Cc1ccccc1Cl)Cc1cc2cc3c(cc2[nH]c1=O)OCCO3. The molecule has 144 valence electrons. The van der Waals surface area contributed by atoms with Crippen LogP contribution in [-0.4, -0.2) is 29.0 Å². The molecule has 1 aliphatic rings. The number of fused-ring (bicyclic) bond motifs is 2. The quantitative estimate of drug-likeness (QED) is 0.730. The number of pyridine rings is 1. The van der Waals surface area contributed by atoms with Crippen molar-refractivity contribution in [1.82, 2.24) is 9.88 Å². The Labute approximate surface area is 166 Å². The number of nitrogens with zero attached hydrogens (tertiary/aromatic N) is 1. The van der Waals surface area contributed by atoms with Crippen LogP contribution in [0.1, 0.15) is 18.1 Å². The van der Waals surface area contributed by atoms with Gasteiger partial charge >= 0.3 is 0 Å². The molecule has 1 aliphatic heterocycles. The van der Waals surface area contributed by atoms with Crippen molar-refractivity contribution in [1.29, 1.82) is 0 Å². The fourth-order valence-corrected chi connectivity index (χ4v) is 3.42. The van der Waals surface area contributed by atoms with Gasteiger partial charge in [-0.05, 0) is 23.8 Å². The van der Waals surface area contributed by atoms with Gasteiger partial charge in [0.05, 0.1) is 12.1 Å². The monoisotopic (exact) mass is 398 g/mol. The number of carbonyl (C=O) groups excluding carboxylic acids is 1. The van der Waals surface area contributed by atoms with Crippen molar-refractivity contribution < 1.29 is 14.3 Å². The van der Waals surface area contributed by atoms with Gasteiger partial charge in [0.2, 0.25) is 5.91 Å². The zero-order chi connectivity index (χ0) is 19.7. The molecule has 0 atom stereocenters. The number of amides is 1. The van der Waals surface area contributed by atoms with E-state index in [0.717, 1.165) is 10.9 Å². The molecule has 0 unspecified atom stereocenters. The summed E-state index contributed by atoms with van der Waals surface area (Å²) in [5.41, 5.74) is 1.75. The first kappa shape index (κ1) is 18.4. The molecule has 1 amide bonds. The highest BCUT2D eigenvalue weighted by Gasteiger charge is 2.17. The van der Waals surface area contributed by atoms with Crippen molar-refractivity contribution in [2.45, 2.75) is 20.0 Å². The lowest BCUT2D eigenvalue weighted by Gasteiger charge is -2.22. The first-order chi connectivity index (χ1) is 13.5. The maximum absolute atomic E-state index is 12.6. The minimum absolute atomic E-state index is 0.137. The molecule has 6 nitrogen and oxygen atoms in total. The Balaban J connectivity index is 1.67. The minimum atomic E-state index is -0.241. The highest BCUT2D eigenvalue weighted by atomic mass is 35.5. The van der Waals surface area contributed by atoms with Crippen LogP contribution in [0, 0.1) is 0 Å². The molecule has 3 aromatic rings. The maximum atomic E-state index is 12.6. The molecule has 1 N–H and O–H groups in total. The second-order valence-corrected chi connectivity index (χ2v) is 7.08.